The van der Waals surface area contributed by atoms with Crippen LogP contribution >= 0.6 is 11.6 Å². The van der Waals surface area contributed by atoms with Crippen molar-refractivity contribution in [2.24, 2.45) is 5.41 Å². The first kappa shape index (κ1) is 16.0. The molecule has 0 bridgehead atoms. The van der Waals surface area contributed by atoms with Crippen LogP contribution in [-0.2, 0) is 4.79 Å². The monoisotopic (exact) mass is 314 g/mol. The number of hydrogen-bond donors (Lipinski definition) is 2. The molecule has 1 heterocycles. The van der Waals surface area contributed by atoms with Gasteiger partial charge in [0.05, 0.1) is 5.02 Å². The fourth-order valence-electron chi connectivity index (χ4n) is 2.29. The quantitative estimate of drug-likeness (QED) is 0.877. The van der Waals surface area contributed by atoms with Crippen molar-refractivity contribution in [2.45, 2.75) is 19.8 Å². The molecule has 1 aromatic rings. The number of nitrogens with one attached hydrogen (secondary N) is 2. The van der Waals surface area contributed by atoms with Crippen LogP contribution in [0.4, 0.5) is 4.39 Å². The highest BCUT2D eigenvalue weighted by Crippen LogP contribution is 2.26. The number of ether oxygens (including phenoxy) is 1. The molecule has 1 amide bonds. The summed E-state index contributed by atoms with van der Waals surface area (Å²) in [5.41, 5.74) is 0.139. The molecule has 0 aromatic heterocycles. The molecule has 2 N–H and O–H groups in total. The smallest absolute Gasteiger partial charge is 0.257 e. The number of benzene rings is 1. The van der Waals surface area contributed by atoms with Gasteiger partial charge in [-0.05, 0) is 43.5 Å². The molecule has 1 aromatic carbocycles. The van der Waals surface area contributed by atoms with E-state index in [0.717, 1.165) is 25.9 Å². The third kappa shape index (κ3) is 4.86. The number of hydrogen-bond acceptors (Lipinski definition) is 3. The maximum absolute atomic E-state index is 13.0. The Kier molecular flexibility index (Phi) is 5.42. The molecule has 0 saturated carbocycles. The van der Waals surface area contributed by atoms with Crippen molar-refractivity contribution in [1.82, 2.24) is 10.6 Å². The first-order chi connectivity index (χ1) is 9.98. The SMILES string of the molecule is CC1(CNC(=O)COc2ccc(F)c(Cl)c2)CCNCC1. The highest BCUT2D eigenvalue weighted by atomic mass is 35.5. The molecule has 4 nitrogen and oxygen atoms in total. The van der Waals surface area contributed by atoms with Gasteiger partial charge in [-0.3, -0.25) is 4.79 Å². The fourth-order valence-corrected chi connectivity index (χ4v) is 2.46. The van der Waals surface area contributed by atoms with Gasteiger partial charge in [0.25, 0.3) is 5.91 Å². The minimum atomic E-state index is -0.507. The van der Waals surface area contributed by atoms with Gasteiger partial charge in [0.1, 0.15) is 11.6 Å². The van der Waals surface area contributed by atoms with Crippen molar-refractivity contribution in [3.05, 3.63) is 29.0 Å². The zero-order valence-corrected chi connectivity index (χ0v) is 12.8. The Labute approximate surface area is 129 Å². The third-order valence-corrected chi connectivity index (χ3v) is 4.07. The van der Waals surface area contributed by atoms with E-state index in [1.807, 2.05) is 0 Å². The molecule has 0 atom stereocenters. The Hall–Kier alpha value is -1.33. The molecular weight excluding hydrogens is 295 g/mol. The molecule has 0 radical (unpaired) electrons. The van der Waals surface area contributed by atoms with Crippen LogP contribution in [0.25, 0.3) is 0 Å². The highest BCUT2D eigenvalue weighted by molar-refractivity contribution is 6.30. The van der Waals surface area contributed by atoms with Crippen LogP contribution in [0.5, 0.6) is 5.75 Å². The van der Waals surface area contributed by atoms with Crippen LogP contribution in [0.3, 0.4) is 0 Å². The lowest BCUT2D eigenvalue weighted by Crippen LogP contribution is -2.43. The van der Waals surface area contributed by atoms with Crippen molar-refractivity contribution in [2.75, 3.05) is 26.2 Å². The van der Waals surface area contributed by atoms with Crippen molar-refractivity contribution < 1.29 is 13.9 Å². The van der Waals surface area contributed by atoms with E-state index in [4.69, 9.17) is 16.3 Å². The van der Waals surface area contributed by atoms with Crippen LogP contribution < -0.4 is 15.4 Å². The van der Waals surface area contributed by atoms with E-state index in [-0.39, 0.29) is 23.0 Å². The van der Waals surface area contributed by atoms with Gasteiger partial charge in [-0.15, -0.1) is 0 Å². The molecular formula is C15H20ClFN2O2. The molecule has 6 heteroatoms. The lowest BCUT2D eigenvalue weighted by atomic mass is 9.81. The van der Waals surface area contributed by atoms with Gasteiger partial charge in [0.2, 0.25) is 0 Å². The molecule has 0 aliphatic carbocycles. The Bertz CT molecular complexity index is 504. The van der Waals surface area contributed by atoms with E-state index < -0.39 is 5.82 Å². The predicted octanol–water partition coefficient (Wildman–Crippen LogP) is 2.36. The van der Waals surface area contributed by atoms with E-state index in [2.05, 4.69) is 17.6 Å². The molecule has 1 aliphatic heterocycles. The van der Waals surface area contributed by atoms with E-state index >= 15 is 0 Å². The highest BCUT2D eigenvalue weighted by Gasteiger charge is 2.26. The Morgan fingerprint density at radius 2 is 2.19 bits per heavy atom. The van der Waals surface area contributed by atoms with Gasteiger partial charge in [0.15, 0.2) is 6.61 Å². The first-order valence-electron chi connectivity index (χ1n) is 7.04. The molecule has 1 saturated heterocycles. The summed E-state index contributed by atoms with van der Waals surface area (Å²) in [6.07, 6.45) is 2.09. The summed E-state index contributed by atoms with van der Waals surface area (Å²) >= 11 is 5.65. The summed E-state index contributed by atoms with van der Waals surface area (Å²) in [6.45, 7) is 4.68. The van der Waals surface area contributed by atoms with Crippen LogP contribution in [0.1, 0.15) is 19.8 Å². The molecule has 1 fully saturated rings. The van der Waals surface area contributed by atoms with Crippen molar-refractivity contribution in [3.63, 3.8) is 0 Å². The van der Waals surface area contributed by atoms with Gasteiger partial charge < -0.3 is 15.4 Å². The van der Waals surface area contributed by atoms with Gasteiger partial charge >= 0.3 is 0 Å². The standard InChI is InChI=1S/C15H20ClFN2O2/c1-15(4-6-18-7-5-15)10-19-14(20)9-21-11-2-3-13(17)12(16)8-11/h2-3,8,18H,4-7,9-10H2,1H3,(H,19,20). The van der Waals surface area contributed by atoms with Crippen LogP contribution in [0.15, 0.2) is 18.2 Å². The predicted molar refractivity (Wildman–Crippen MR) is 80.1 cm³/mol. The average molecular weight is 315 g/mol. The maximum atomic E-state index is 13.0. The van der Waals surface area contributed by atoms with Crippen LogP contribution in [0.2, 0.25) is 5.02 Å². The number of halogens is 2. The number of rotatable bonds is 5. The van der Waals surface area contributed by atoms with Crippen LogP contribution in [-0.4, -0.2) is 32.1 Å². The summed E-state index contributed by atoms with van der Waals surface area (Å²) in [6, 6.07) is 4.02. The first-order valence-corrected chi connectivity index (χ1v) is 7.42. The zero-order chi connectivity index (χ0) is 15.3. The van der Waals surface area contributed by atoms with E-state index in [0.29, 0.717) is 12.3 Å². The second kappa shape index (κ2) is 7.09. The topological polar surface area (TPSA) is 50.4 Å². The molecule has 2 rings (SSSR count). The van der Waals surface area contributed by atoms with Gasteiger partial charge in [0, 0.05) is 12.6 Å². The molecule has 0 unspecified atom stereocenters. The zero-order valence-electron chi connectivity index (χ0n) is 12.0. The number of carbonyl (C=O) groups excluding carboxylic acids is 1. The van der Waals surface area contributed by atoms with Gasteiger partial charge in [-0.1, -0.05) is 18.5 Å². The second-order valence-electron chi connectivity index (χ2n) is 5.70. The fraction of sp³-hybridized carbons (Fsp3) is 0.533. The molecule has 21 heavy (non-hydrogen) atoms. The Balaban J connectivity index is 1.75. The minimum Gasteiger partial charge on any atom is -0.484 e. The lowest BCUT2D eigenvalue weighted by Gasteiger charge is -2.34. The molecule has 0 spiro atoms. The number of piperidine rings is 1. The van der Waals surface area contributed by atoms with Crippen molar-refractivity contribution in [1.29, 1.82) is 0 Å². The molecule has 116 valence electrons. The summed E-state index contributed by atoms with van der Waals surface area (Å²) in [5, 5.41) is 6.18. The average Bonchev–Trinajstić information content (AvgIpc) is 2.47. The maximum Gasteiger partial charge on any atom is 0.257 e. The van der Waals surface area contributed by atoms with Gasteiger partial charge in [-0.2, -0.15) is 0 Å². The summed E-state index contributed by atoms with van der Waals surface area (Å²) < 4.78 is 18.3. The van der Waals surface area contributed by atoms with Crippen molar-refractivity contribution in [3.8, 4) is 5.75 Å². The van der Waals surface area contributed by atoms with Crippen molar-refractivity contribution >= 4 is 17.5 Å². The second-order valence-corrected chi connectivity index (χ2v) is 6.11. The van der Waals surface area contributed by atoms with E-state index in [1.165, 1.54) is 18.2 Å². The lowest BCUT2D eigenvalue weighted by molar-refractivity contribution is -0.123. The summed E-state index contributed by atoms with van der Waals surface area (Å²) in [7, 11) is 0. The van der Waals surface area contributed by atoms with E-state index in [1.54, 1.807) is 0 Å². The molecule has 1 aliphatic rings. The van der Waals surface area contributed by atoms with Gasteiger partial charge in [-0.25, -0.2) is 4.39 Å². The number of amides is 1. The Morgan fingerprint density at radius 3 is 2.86 bits per heavy atom. The summed E-state index contributed by atoms with van der Waals surface area (Å²) in [4.78, 5) is 11.8. The van der Waals surface area contributed by atoms with Crippen LogP contribution in [0, 0.1) is 11.2 Å². The third-order valence-electron chi connectivity index (χ3n) is 3.78. The normalized spacial score (nSPS) is 17.3. The number of carbonyl (C=O) groups is 1. The summed E-state index contributed by atoms with van der Waals surface area (Å²) in [5.74, 6) is -0.313. The minimum absolute atomic E-state index is 0.0184. The van der Waals surface area contributed by atoms with E-state index in [9.17, 15) is 9.18 Å². The largest absolute Gasteiger partial charge is 0.484 e. The Morgan fingerprint density at radius 1 is 1.48 bits per heavy atom.